The molecule has 2 rings (SSSR count). The van der Waals surface area contributed by atoms with Gasteiger partial charge in [0.1, 0.15) is 5.69 Å². The summed E-state index contributed by atoms with van der Waals surface area (Å²) < 4.78 is 6.50. The molecule has 2 N–H and O–H groups in total. The summed E-state index contributed by atoms with van der Waals surface area (Å²) in [6.45, 7) is 4.33. The van der Waals surface area contributed by atoms with Gasteiger partial charge < -0.3 is 19.9 Å². The number of hydrogen-bond donors (Lipinski definition) is 1. The summed E-state index contributed by atoms with van der Waals surface area (Å²) in [5, 5.41) is 0. The quantitative estimate of drug-likeness (QED) is 0.831. The number of aryl methyl sites for hydroxylation is 1. The van der Waals surface area contributed by atoms with Gasteiger partial charge in [0.05, 0.1) is 13.2 Å². The van der Waals surface area contributed by atoms with Gasteiger partial charge in [-0.05, 0) is 37.3 Å². The van der Waals surface area contributed by atoms with Crippen LogP contribution >= 0.6 is 0 Å². The van der Waals surface area contributed by atoms with Crippen molar-refractivity contribution >= 4 is 11.9 Å². The predicted octanol–water partition coefficient (Wildman–Crippen LogP) is 1.25. The van der Waals surface area contributed by atoms with E-state index in [1.165, 1.54) is 7.11 Å². The second kappa shape index (κ2) is 7.45. The van der Waals surface area contributed by atoms with Crippen LogP contribution in [-0.2, 0) is 16.1 Å². The van der Waals surface area contributed by atoms with Gasteiger partial charge in [-0.1, -0.05) is 6.92 Å². The first kappa shape index (κ1) is 16.5. The van der Waals surface area contributed by atoms with Gasteiger partial charge in [0.15, 0.2) is 0 Å². The fourth-order valence-corrected chi connectivity index (χ4v) is 2.76. The molecule has 0 aromatic carbocycles. The molecule has 0 spiro atoms. The van der Waals surface area contributed by atoms with E-state index in [1.807, 2.05) is 4.90 Å². The zero-order valence-electron chi connectivity index (χ0n) is 13.3. The van der Waals surface area contributed by atoms with Crippen LogP contribution in [0.5, 0.6) is 0 Å². The maximum Gasteiger partial charge on any atom is 0.354 e. The third kappa shape index (κ3) is 3.88. The van der Waals surface area contributed by atoms with Crippen LogP contribution in [0, 0.1) is 5.92 Å². The van der Waals surface area contributed by atoms with Crippen molar-refractivity contribution < 1.29 is 14.3 Å². The van der Waals surface area contributed by atoms with Gasteiger partial charge in [-0.15, -0.1) is 0 Å². The second-order valence-corrected chi connectivity index (χ2v) is 5.98. The predicted molar refractivity (Wildman–Crippen MR) is 83.3 cm³/mol. The van der Waals surface area contributed by atoms with Gasteiger partial charge in [-0.25, -0.2) is 4.79 Å². The van der Waals surface area contributed by atoms with Gasteiger partial charge in [0.25, 0.3) is 0 Å². The van der Waals surface area contributed by atoms with Crippen LogP contribution in [0.4, 0.5) is 0 Å². The van der Waals surface area contributed by atoms with Crippen LogP contribution in [0.2, 0.25) is 0 Å². The summed E-state index contributed by atoms with van der Waals surface area (Å²) in [6.07, 6.45) is 4.39. The van der Waals surface area contributed by atoms with Crippen molar-refractivity contribution in [1.82, 2.24) is 9.47 Å². The average Bonchev–Trinajstić information content (AvgIpc) is 3.00. The first-order chi connectivity index (χ1) is 10.5. The molecule has 1 aromatic heterocycles. The molecule has 1 aromatic rings. The lowest BCUT2D eigenvalue weighted by molar-refractivity contribution is -0.134. The molecule has 1 fully saturated rings. The van der Waals surface area contributed by atoms with Crippen molar-refractivity contribution in [3.63, 3.8) is 0 Å². The molecular weight excluding hydrogens is 282 g/mol. The molecule has 0 radical (unpaired) electrons. The molecule has 2 heterocycles. The number of aromatic nitrogens is 1. The number of amides is 1. The highest BCUT2D eigenvalue weighted by Gasteiger charge is 2.24. The summed E-state index contributed by atoms with van der Waals surface area (Å²) in [7, 11) is 1.35. The van der Waals surface area contributed by atoms with E-state index in [0.29, 0.717) is 24.6 Å². The van der Waals surface area contributed by atoms with E-state index in [2.05, 4.69) is 6.92 Å². The third-order valence-corrected chi connectivity index (χ3v) is 4.32. The van der Waals surface area contributed by atoms with Crippen molar-refractivity contribution in [2.75, 3.05) is 20.2 Å². The molecule has 0 saturated carbocycles. The minimum Gasteiger partial charge on any atom is -0.464 e. The van der Waals surface area contributed by atoms with Gasteiger partial charge in [-0.3, -0.25) is 4.79 Å². The molecule has 6 heteroatoms. The second-order valence-electron chi connectivity index (χ2n) is 5.98. The smallest absolute Gasteiger partial charge is 0.354 e. The van der Waals surface area contributed by atoms with E-state index in [0.717, 1.165) is 25.9 Å². The summed E-state index contributed by atoms with van der Waals surface area (Å²) in [4.78, 5) is 25.8. The van der Waals surface area contributed by atoms with Gasteiger partial charge >= 0.3 is 5.97 Å². The highest BCUT2D eigenvalue weighted by atomic mass is 16.5. The lowest BCUT2D eigenvalue weighted by atomic mass is 9.98. The molecule has 22 heavy (non-hydrogen) atoms. The summed E-state index contributed by atoms with van der Waals surface area (Å²) in [5.41, 5.74) is 6.52. The van der Waals surface area contributed by atoms with Crippen molar-refractivity contribution in [3.05, 3.63) is 24.0 Å². The van der Waals surface area contributed by atoms with E-state index in [9.17, 15) is 9.59 Å². The van der Waals surface area contributed by atoms with Crippen LogP contribution in [0.3, 0.4) is 0 Å². The summed E-state index contributed by atoms with van der Waals surface area (Å²) in [6, 6.07) is 2.96. The number of rotatable bonds is 5. The van der Waals surface area contributed by atoms with E-state index < -0.39 is 6.04 Å². The summed E-state index contributed by atoms with van der Waals surface area (Å²) in [5.74, 6) is 0.316. The SMILES string of the molecule is COC(=O)c1cccn1CCC(N)C(=O)N1CCC(C)CC1. The molecule has 0 aliphatic carbocycles. The van der Waals surface area contributed by atoms with Crippen molar-refractivity contribution in [1.29, 1.82) is 0 Å². The van der Waals surface area contributed by atoms with E-state index in [4.69, 9.17) is 10.5 Å². The molecule has 0 bridgehead atoms. The topological polar surface area (TPSA) is 77.6 Å². The molecular formula is C16H25N3O3. The molecule has 1 aliphatic heterocycles. The Hall–Kier alpha value is -1.82. The number of carbonyl (C=O) groups excluding carboxylic acids is 2. The molecule has 1 atom stereocenters. The Bertz CT molecular complexity index is 518. The fourth-order valence-electron chi connectivity index (χ4n) is 2.76. The number of esters is 1. The highest BCUT2D eigenvalue weighted by Crippen LogP contribution is 2.17. The normalized spacial score (nSPS) is 17.3. The fraction of sp³-hybridized carbons (Fsp3) is 0.625. The number of hydrogen-bond acceptors (Lipinski definition) is 4. The maximum absolute atomic E-state index is 12.3. The Morgan fingerprint density at radius 1 is 1.41 bits per heavy atom. The third-order valence-electron chi connectivity index (χ3n) is 4.32. The van der Waals surface area contributed by atoms with Crippen molar-refractivity contribution in [3.8, 4) is 0 Å². The average molecular weight is 307 g/mol. The molecule has 1 amide bonds. The monoisotopic (exact) mass is 307 g/mol. The first-order valence-electron chi connectivity index (χ1n) is 7.80. The Morgan fingerprint density at radius 2 is 2.09 bits per heavy atom. The molecule has 122 valence electrons. The number of nitrogens with zero attached hydrogens (tertiary/aromatic N) is 2. The van der Waals surface area contributed by atoms with Crippen molar-refractivity contribution in [2.24, 2.45) is 11.7 Å². The highest BCUT2D eigenvalue weighted by molar-refractivity contribution is 5.87. The Kier molecular flexibility index (Phi) is 5.60. The van der Waals surface area contributed by atoms with Crippen LogP contribution in [0.25, 0.3) is 0 Å². The number of carbonyl (C=O) groups is 2. The number of likely N-dealkylation sites (tertiary alicyclic amines) is 1. The molecule has 1 aliphatic rings. The lowest BCUT2D eigenvalue weighted by Crippen LogP contribution is -2.47. The van der Waals surface area contributed by atoms with Crippen LogP contribution in [0.1, 0.15) is 36.7 Å². The van der Waals surface area contributed by atoms with Crippen LogP contribution < -0.4 is 5.73 Å². The molecule has 6 nitrogen and oxygen atoms in total. The Labute approximate surface area is 131 Å². The lowest BCUT2D eigenvalue weighted by Gasteiger charge is -2.32. The van der Waals surface area contributed by atoms with Gasteiger partial charge in [0.2, 0.25) is 5.91 Å². The Morgan fingerprint density at radius 3 is 2.73 bits per heavy atom. The van der Waals surface area contributed by atoms with E-state index in [-0.39, 0.29) is 11.9 Å². The van der Waals surface area contributed by atoms with Crippen LogP contribution in [-0.4, -0.2) is 47.6 Å². The number of nitrogens with two attached hydrogens (primary N) is 1. The number of ether oxygens (including phenoxy) is 1. The minimum absolute atomic E-state index is 0.0127. The van der Waals surface area contributed by atoms with Crippen LogP contribution in [0.15, 0.2) is 18.3 Å². The number of methoxy groups -OCH3 is 1. The zero-order chi connectivity index (χ0) is 16.1. The number of piperidine rings is 1. The minimum atomic E-state index is -0.527. The van der Waals surface area contributed by atoms with E-state index >= 15 is 0 Å². The Balaban J connectivity index is 1.87. The summed E-state index contributed by atoms with van der Waals surface area (Å²) >= 11 is 0. The standard InChI is InChI=1S/C16H25N3O3/c1-12-5-9-19(10-6-12)15(20)13(17)7-11-18-8-3-4-14(18)16(21)22-2/h3-4,8,12-13H,5-7,9-11,17H2,1-2H3. The first-order valence-corrected chi connectivity index (χ1v) is 7.80. The van der Waals surface area contributed by atoms with Gasteiger partial charge in [0, 0.05) is 25.8 Å². The maximum atomic E-state index is 12.3. The molecule has 1 saturated heterocycles. The van der Waals surface area contributed by atoms with Gasteiger partial charge in [-0.2, -0.15) is 0 Å². The zero-order valence-corrected chi connectivity index (χ0v) is 13.3. The van der Waals surface area contributed by atoms with Crippen molar-refractivity contribution in [2.45, 2.75) is 38.8 Å². The van der Waals surface area contributed by atoms with E-state index in [1.54, 1.807) is 22.9 Å². The molecule has 1 unspecified atom stereocenters. The largest absolute Gasteiger partial charge is 0.464 e.